The molecule has 102 valence electrons. The van der Waals surface area contributed by atoms with Crippen molar-refractivity contribution in [3.63, 3.8) is 0 Å². The molecule has 0 unspecified atom stereocenters. The van der Waals surface area contributed by atoms with Gasteiger partial charge < -0.3 is 10.3 Å². The van der Waals surface area contributed by atoms with Crippen molar-refractivity contribution in [1.29, 1.82) is 0 Å². The number of hydrogen-bond donors (Lipinski definition) is 1. The Hall–Kier alpha value is -1.82. The Labute approximate surface area is 108 Å². The highest BCUT2D eigenvalue weighted by atomic mass is 19.4. The molecule has 0 amide bonds. The van der Waals surface area contributed by atoms with Crippen molar-refractivity contribution >= 4 is 0 Å². The van der Waals surface area contributed by atoms with Crippen LogP contribution in [0.5, 0.6) is 0 Å². The van der Waals surface area contributed by atoms with Crippen LogP contribution in [0.15, 0.2) is 36.7 Å². The van der Waals surface area contributed by atoms with Gasteiger partial charge in [0, 0.05) is 25.5 Å². The van der Waals surface area contributed by atoms with E-state index in [-0.39, 0.29) is 5.82 Å². The molecule has 2 rings (SSSR count). The largest absolute Gasteiger partial charge is 0.396 e. The summed E-state index contributed by atoms with van der Waals surface area (Å²) in [5.41, 5.74) is 7.40. The third-order valence-electron chi connectivity index (χ3n) is 2.77. The minimum Gasteiger partial charge on any atom is -0.330 e. The van der Waals surface area contributed by atoms with Crippen molar-refractivity contribution in [3.05, 3.63) is 53.6 Å². The van der Waals surface area contributed by atoms with Crippen molar-refractivity contribution in [1.82, 2.24) is 9.55 Å². The number of halogens is 3. The molecule has 0 spiro atoms. The van der Waals surface area contributed by atoms with E-state index in [0.717, 1.165) is 11.1 Å². The highest BCUT2D eigenvalue weighted by molar-refractivity contribution is 5.23. The Morgan fingerprint density at radius 2 is 1.74 bits per heavy atom. The van der Waals surface area contributed by atoms with Gasteiger partial charge in [-0.25, -0.2) is 4.98 Å². The second kappa shape index (κ2) is 5.44. The molecule has 0 saturated heterocycles. The minimum absolute atomic E-state index is 0.0235. The monoisotopic (exact) mass is 269 g/mol. The van der Waals surface area contributed by atoms with Crippen molar-refractivity contribution in [2.75, 3.05) is 0 Å². The zero-order valence-corrected chi connectivity index (χ0v) is 10.2. The number of alkyl halides is 3. The van der Waals surface area contributed by atoms with Crippen LogP contribution in [0.25, 0.3) is 0 Å². The van der Waals surface area contributed by atoms with E-state index in [2.05, 4.69) is 4.98 Å². The zero-order valence-electron chi connectivity index (χ0n) is 10.2. The molecular formula is C13H14F3N3. The number of hydrogen-bond acceptors (Lipinski definition) is 2. The fraction of sp³-hybridized carbons (Fsp3) is 0.308. The van der Waals surface area contributed by atoms with Crippen LogP contribution in [-0.2, 0) is 19.5 Å². The summed E-state index contributed by atoms with van der Waals surface area (Å²) in [5, 5.41) is 0. The van der Waals surface area contributed by atoms with Crippen LogP contribution in [-0.4, -0.2) is 15.7 Å². The molecule has 0 fully saturated rings. The molecule has 6 heteroatoms. The van der Waals surface area contributed by atoms with Crippen molar-refractivity contribution in [3.8, 4) is 0 Å². The van der Waals surface area contributed by atoms with Gasteiger partial charge in [-0.2, -0.15) is 13.2 Å². The highest BCUT2D eigenvalue weighted by Crippen LogP contribution is 2.20. The fourth-order valence-electron chi connectivity index (χ4n) is 1.81. The molecule has 0 aliphatic rings. The quantitative estimate of drug-likeness (QED) is 0.926. The number of benzene rings is 1. The first kappa shape index (κ1) is 13.6. The zero-order chi connectivity index (χ0) is 13.9. The van der Waals surface area contributed by atoms with E-state index in [1.165, 1.54) is 10.8 Å². The van der Waals surface area contributed by atoms with Crippen molar-refractivity contribution in [2.24, 2.45) is 5.73 Å². The molecule has 1 aromatic carbocycles. The van der Waals surface area contributed by atoms with Crippen LogP contribution in [0, 0.1) is 0 Å². The Balaban J connectivity index is 2.12. The maximum Gasteiger partial charge on any atom is 0.396 e. The van der Waals surface area contributed by atoms with E-state index in [4.69, 9.17) is 5.73 Å². The standard InChI is InChI=1S/C13H14F3N3/c14-13(15,16)7-12-18-5-6-19(12)9-11-3-1-10(8-17)2-4-11/h1-6H,7-9,17H2. The van der Waals surface area contributed by atoms with Crippen molar-refractivity contribution in [2.45, 2.75) is 25.7 Å². The number of aromatic nitrogens is 2. The van der Waals surface area contributed by atoms with E-state index in [9.17, 15) is 13.2 Å². The molecule has 2 N–H and O–H groups in total. The predicted octanol–water partition coefficient (Wildman–Crippen LogP) is 2.49. The molecule has 0 saturated carbocycles. The third-order valence-corrected chi connectivity index (χ3v) is 2.77. The molecular weight excluding hydrogens is 255 g/mol. The van der Waals surface area contributed by atoms with Crippen LogP contribution in [0.3, 0.4) is 0 Å². The molecule has 1 aromatic heterocycles. The Bertz CT molecular complexity index is 529. The second-order valence-electron chi connectivity index (χ2n) is 4.28. The molecule has 0 radical (unpaired) electrons. The predicted molar refractivity (Wildman–Crippen MR) is 65.4 cm³/mol. The summed E-state index contributed by atoms with van der Waals surface area (Å²) in [6.07, 6.45) is -2.32. The summed E-state index contributed by atoms with van der Waals surface area (Å²) in [6.45, 7) is 0.820. The lowest BCUT2D eigenvalue weighted by molar-refractivity contribution is -0.128. The van der Waals surface area contributed by atoms with Gasteiger partial charge in [-0.3, -0.25) is 0 Å². The summed E-state index contributed by atoms with van der Waals surface area (Å²) in [5.74, 6) is 0.0235. The van der Waals surface area contributed by atoms with Crippen LogP contribution in [0.1, 0.15) is 17.0 Å². The van der Waals surface area contributed by atoms with Gasteiger partial charge in [0.1, 0.15) is 12.2 Å². The normalized spacial score (nSPS) is 11.8. The Morgan fingerprint density at radius 3 is 2.32 bits per heavy atom. The smallest absolute Gasteiger partial charge is 0.330 e. The first-order chi connectivity index (χ1) is 8.98. The Kier molecular flexibility index (Phi) is 3.90. The molecule has 1 heterocycles. The lowest BCUT2D eigenvalue weighted by atomic mass is 10.1. The molecule has 3 nitrogen and oxygen atoms in total. The van der Waals surface area contributed by atoms with Gasteiger partial charge >= 0.3 is 6.18 Å². The van der Waals surface area contributed by atoms with Crippen LogP contribution in [0.2, 0.25) is 0 Å². The lowest BCUT2D eigenvalue weighted by Crippen LogP contribution is -2.16. The van der Waals surface area contributed by atoms with E-state index in [0.29, 0.717) is 13.1 Å². The van der Waals surface area contributed by atoms with Gasteiger partial charge in [-0.05, 0) is 11.1 Å². The molecule has 0 aliphatic heterocycles. The first-order valence-corrected chi connectivity index (χ1v) is 5.82. The van der Waals surface area contributed by atoms with Crippen LogP contribution >= 0.6 is 0 Å². The number of nitrogens with zero attached hydrogens (tertiary/aromatic N) is 2. The maximum atomic E-state index is 12.4. The first-order valence-electron chi connectivity index (χ1n) is 5.82. The highest BCUT2D eigenvalue weighted by Gasteiger charge is 2.29. The molecule has 0 atom stereocenters. The number of nitrogens with two attached hydrogens (primary N) is 1. The summed E-state index contributed by atoms with van der Waals surface area (Å²) in [4.78, 5) is 3.75. The van der Waals surface area contributed by atoms with Gasteiger partial charge in [-0.1, -0.05) is 24.3 Å². The average molecular weight is 269 g/mol. The van der Waals surface area contributed by atoms with Gasteiger partial charge in [-0.15, -0.1) is 0 Å². The third kappa shape index (κ3) is 3.82. The summed E-state index contributed by atoms with van der Waals surface area (Å²) in [7, 11) is 0. The fourth-order valence-corrected chi connectivity index (χ4v) is 1.81. The van der Waals surface area contributed by atoms with Gasteiger partial charge in [0.25, 0.3) is 0 Å². The second-order valence-corrected chi connectivity index (χ2v) is 4.28. The van der Waals surface area contributed by atoms with Gasteiger partial charge in [0.2, 0.25) is 0 Å². The summed E-state index contributed by atoms with van der Waals surface area (Å²) < 4.78 is 38.6. The molecule has 0 bridgehead atoms. The van der Waals surface area contributed by atoms with E-state index in [1.54, 1.807) is 6.20 Å². The van der Waals surface area contributed by atoms with Gasteiger partial charge in [0.15, 0.2) is 0 Å². The minimum atomic E-state index is -4.24. The van der Waals surface area contributed by atoms with Gasteiger partial charge in [0.05, 0.1) is 0 Å². The van der Waals surface area contributed by atoms with E-state index >= 15 is 0 Å². The average Bonchev–Trinajstić information content (AvgIpc) is 2.75. The molecule has 0 aliphatic carbocycles. The maximum absolute atomic E-state index is 12.4. The topological polar surface area (TPSA) is 43.8 Å². The molecule has 19 heavy (non-hydrogen) atoms. The summed E-state index contributed by atoms with van der Waals surface area (Å²) >= 11 is 0. The van der Waals surface area contributed by atoms with E-state index < -0.39 is 12.6 Å². The Morgan fingerprint density at radius 1 is 1.11 bits per heavy atom. The SMILES string of the molecule is NCc1ccc(Cn2ccnc2CC(F)(F)F)cc1. The van der Waals surface area contributed by atoms with E-state index in [1.807, 2.05) is 24.3 Å². The van der Waals surface area contributed by atoms with Crippen molar-refractivity contribution < 1.29 is 13.2 Å². The van der Waals surface area contributed by atoms with Crippen LogP contribution in [0.4, 0.5) is 13.2 Å². The number of rotatable bonds is 4. The lowest BCUT2D eigenvalue weighted by Gasteiger charge is -2.10. The van der Waals surface area contributed by atoms with Crippen LogP contribution < -0.4 is 5.73 Å². The molecule has 2 aromatic rings. The summed E-state index contributed by atoms with van der Waals surface area (Å²) in [6, 6.07) is 7.46. The number of imidazole rings is 1.